The van der Waals surface area contributed by atoms with Crippen molar-refractivity contribution in [3.63, 3.8) is 0 Å². The highest BCUT2D eigenvalue weighted by atomic mass is 16.4. The van der Waals surface area contributed by atoms with Gasteiger partial charge in [-0.3, -0.25) is 9.59 Å². The Morgan fingerprint density at radius 1 is 1.35 bits per heavy atom. The minimum absolute atomic E-state index is 0.108. The predicted molar refractivity (Wildman–Crippen MR) is 77.3 cm³/mol. The number of piperidine rings is 1. The fourth-order valence-corrected chi connectivity index (χ4v) is 3.33. The Morgan fingerprint density at radius 2 is 2.15 bits per heavy atom. The molecule has 0 saturated carbocycles. The summed E-state index contributed by atoms with van der Waals surface area (Å²) in [6, 6.07) is 0. The zero-order valence-electron chi connectivity index (χ0n) is 12.4. The molecule has 0 aromatic rings. The smallest absolute Gasteiger partial charge is 0.311 e. The van der Waals surface area contributed by atoms with E-state index in [1.165, 1.54) is 18.4 Å². The van der Waals surface area contributed by atoms with Crippen molar-refractivity contribution in [2.24, 2.45) is 5.41 Å². The Morgan fingerprint density at radius 3 is 2.75 bits per heavy atom. The number of rotatable bonds is 4. The molecule has 1 amide bonds. The van der Waals surface area contributed by atoms with Crippen molar-refractivity contribution in [1.29, 1.82) is 0 Å². The number of allylic oxidation sites excluding steroid dienone is 1. The number of hydrogen-bond donors (Lipinski definition) is 1. The van der Waals surface area contributed by atoms with Crippen LogP contribution in [0.25, 0.3) is 0 Å². The SMILES string of the molecule is CCC1(C(=O)O)CCCN(C(=O)CC2=CCCCC2)C1. The molecule has 0 aromatic carbocycles. The molecule has 4 nitrogen and oxygen atoms in total. The highest BCUT2D eigenvalue weighted by Crippen LogP contribution is 2.34. The molecular formula is C16H25NO3. The lowest BCUT2D eigenvalue weighted by Crippen LogP contribution is -2.49. The van der Waals surface area contributed by atoms with E-state index in [0.717, 1.165) is 19.3 Å². The van der Waals surface area contributed by atoms with Gasteiger partial charge in [0, 0.05) is 19.5 Å². The van der Waals surface area contributed by atoms with E-state index in [-0.39, 0.29) is 5.91 Å². The number of hydrogen-bond acceptors (Lipinski definition) is 2. The van der Waals surface area contributed by atoms with Gasteiger partial charge in [0.2, 0.25) is 5.91 Å². The number of carboxylic acids is 1. The van der Waals surface area contributed by atoms with E-state index in [1.807, 2.05) is 6.92 Å². The van der Waals surface area contributed by atoms with Gasteiger partial charge in [-0.25, -0.2) is 0 Å². The van der Waals surface area contributed by atoms with E-state index < -0.39 is 11.4 Å². The largest absolute Gasteiger partial charge is 0.481 e. The quantitative estimate of drug-likeness (QED) is 0.805. The van der Waals surface area contributed by atoms with Gasteiger partial charge in [-0.1, -0.05) is 18.6 Å². The van der Waals surface area contributed by atoms with E-state index in [9.17, 15) is 14.7 Å². The molecule has 1 atom stereocenters. The van der Waals surface area contributed by atoms with Crippen molar-refractivity contribution in [3.05, 3.63) is 11.6 Å². The van der Waals surface area contributed by atoms with Gasteiger partial charge in [-0.05, 0) is 44.9 Å². The van der Waals surface area contributed by atoms with Crippen molar-refractivity contribution in [2.45, 2.75) is 58.3 Å². The summed E-state index contributed by atoms with van der Waals surface area (Å²) < 4.78 is 0. The monoisotopic (exact) mass is 279 g/mol. The third kappa shape index (κ3) is 3.22. The summed E-state index contributed by atoms with van der Waals surface area (Å²) in [6.07, 6.45) is 9.25. The van der Waals surface area contributed by atoms with Gasteiger partial charge in [0.05, 0.1) is 5.41 Å². The van der Waals surface area contributed by atoms with Crippen LogP contribution in [0.1, 0.15) is 58.3 Å². The summed E-state index contributed by atoms with van der Waals surface area (Å²) in [4.78, 5) is 25.7. The molecule has 2 rings (SSSR count). The molecule has 0 aromatic heterocycles. The molecule has 1 N–H and O–H groups in total. The molecule has 1 fully saturated rings. The molecular weight excluding hydrogens is 254 g/mol. The molecule has 1 aliphatic carbocycles. The van der Waals surface area contributed by atoms with Crippen molar-refractivity contribution >= 4 is 11.9 Å². The van der Waals surface area contributed by atoms with Gasteiger partial charge in [-0.2, -0.15) is 0 Å². The van der Waals surface area contributed by atoms with E-state index in [1.54, 1.807) is 4.90 Å². The first kappa shape index (κ1) is 15.1. The topological polar surface area (TPSA) is 57.6 Å². The average Bonchev–Trinajstić information content (AvgIpc) is 2.48. The Bertz CT molecular complexity index is 416. The highest BCUT2D eigenvalue weighted by Gasteiger charge is 2.42. The number of aliphatic carboxylic acids is 1. The Balaban J connectivity index is 1.99. The lowest BCUT2D eigenvalue weighted by atomic mass is 9.77. The Labute approximate surface area is 120 Å². The second-order valence-corrected chi connectivity index (χ2v) is 6.14. The van der Waals surface area contributed by atoms with Crippen LogP contribution < -0.4 is 0 Å². The normalized spacial score (nSPS) is 27.1. The molecule has 20 heavy (non-hydrogen) atoms. The van der Waals surface area contributed by atoms with Gasteiger partial charge in [0.1, 0.15) is 0 Å². The predicted octanol–water partition coefficient (Wildman–Crippen LogP) is 2.98. The standard InChI is InChI=1S/C16H25NO3/c1-2-16(15(19)20)9-6-10-17(12-16)14(18)11-13-7-4-3-5-8-13/h7H,2-6,8-12H2,1H3,(H,19,20). The van der Waals surface area contributed by atoms with E-state index >= 15 is 0 Å². The van der Waals surface area contributed by atoms with Crippen LogP contribution in [-0.4, -0.2) is 35.0 Å². The van der Waals surface area contributed by atoms with E-state index in [0.29, 0.717) is 32.4 Å². The zero-order chi connectivity index (χ0) is 14.6. The summed E-state index contributed by atoms with van der Waals surface area (Å²) in [5.74, 6) is -0.647. The van der Waals surface area contributed by atoms with Crippen LogP contribution >= 0.6 is 0 Å². The summed E-state index contributed by atoms with van der Waals surface area (Å²) in [5, 5.41) is 9.46. The van der Waals surface area contributed by atoms with Crippen LogP contribution in [0.5, 0.6) is 0 Å². The first-order valence-electron chi connectivity index (χ1n) is 7.76. The summed E-state index contributed by atoms with van der Waals surface area (Å²) in [6.45, 7) is 3.00. The average molecular weight is 279 g/mol. The van der Waals surface area contributed by atoms with Crippen LogP contribution in [0.4, 0.5) is 0 Å². The fourth-order valence-electron chi connectivity index (χ4n) is 3.33. The Hall–Kier alpha value is -1.32. The van der Waals surface area contributed by atoms with Crippen LogP contribution in [0.2, 0.25) is 0 Å². The van der Waals surface area contributed by atoms with Crippen molar-refractivity contribution in [2.75, 3.05) is 13.1 Å². The van der Waals surface area contributed by atoms with Crippen LogP contribution in [0.3, 0.4) is 0 Å². The highest BCUT2D eigenvalue weighted by molar-refractivity contribution is 5.81. The van der Waals surface area contributed by atoms with E-state index in [2.05, 4.69) is 6.08 Å². The second-order valence-electron chi connectivity index (χ2n) is 6.14. The Kier molecular flexibility index (Phi) is 4.84. The molecule has 0 bridgehead atoms. The molecule has 1 saturated heterocycles. The van der Waals surface area contributed by atoms with Crippen LogP contribution in [-0.2, 0) is 9.59 Å². The lowest BCUT2D eigenvalue weighted by Gasteiger charge is -2.39. The van der Waals surface area contributed by atoms with Crippen molar-refractivity contribution < 1.29 is 14.7 Å². The maximum atomic E-state index is 12.4. The summed E-state index contributed by atoms with van der Waals surface area (Å²) in [5.41, 5.74) is 0.513. The molecule has 0 spiro atoms. The van der Waals surface area contributed by atoms with Crippen molar-refractivity contribution in [3.8, 4) is 0 Å². The number of nitrogens with zero attached hydrogens (tertiary/aromatic N) is 1. The first-order valence-corrected chi connectivity index (χ1v) is 7.76. The minimum Gasteiger partial charge on any atom is -0.481 e. The maximum Gasteiger partial charge on any atom is 0.311 e. The number of amides is 1. The third-order valence-corrected chi connectivity index (χ3v) is 4.82. The third-order valence-electron chi connectivity index (χ3n) is 4.82. The van der Waals surface area contributed by atoms with Crippen LogP contribution in [0, 0.1) is 5.41 Å². The second kappa shape index (κ2) is 6.42. The maximum absolute atomic E-state index is 12.4. The van der Waals surface area contributed by atoms with Crippen molar-refractivity contribution in [1.82, 2.24) is 4.90 Å². The molecule has 0 radical (unpaired) electrons. The molecule has 4 heteroatoms. The van der Waals surface area contributed by atoms with Gasteiger partial charge in [0.15, 0.2) is 0 Å². The van der Waals surface area contributed by atoms with E-state index in [4.69, 9.17) is 0 Å². The fraction of sp³-hybridized carbons (Fsp3) is 0.750. The molecule has 1 aliphatic heterocycles. The first-order chi connectivity index (χ1) is 9.57. The van der Waals surface area contributed by atoms with Gasteiger partial charge in [-0.15, -0.1) is 0 Å². The number of carbonyl (C=O) groups excluding carboxylic acids is 1. The summed E-state index contributed by atoms with van der Waals surface area (Å²) >= 11 is 0. The molecule has 112 valence electrons. The van der Waals surface area contributed by atoms with Crippen LogP contribution in [0.15, 0.2) is 11.6 Å². The number of carbonyl (C=O) groups is 2. The summed E-state index contributed by atoms with van der Waals surface area (Å²) in [7, 11) is 0. The molecule has 1 unspecified atom stereocenters. The molecule has 2 aliphatic rings. The zero-order valence-corrected chi connectivity index (χ0v) is 12.4. The van der Waals surface area contributed by atoms with Gasteiger partial charge >= 0.3 is 5.97 Å². The number of likely N-dealkylation sites (tertiary alicyclic amines) is 1. The van der Waals surface area contributed by atoms with Gasteiger partial charge < -0.3 is 10.0 Å². The minimum atomic E-state index is -0.755. The molecule has 1 heterocycles. The lowest BCUT2D eigenvalue weighted by molar-refractivity contribution is -0.155. The number of carboxylic acid groups (broad SMARTS) is 1. The van der Waals surface area contributed by atoms with Gasteiger partial charge in [0.25, 0.3) is 0 Å².